The van der Waals surface area contributed by atoms with Crippen LogP contribution in [0.4, 0.5) is 11.4 Å². The van der Waals surface area contributed by atoms with E-state index in [4.69, 9.17) is 16.3 Å². The minimum Gasteiger partial charge on any atom is -0.481 e. The molecule has 0 aliphatic carbocycles. The van der Waals surface area contributed by atoms with Crippen molar-refractivity contribution < 1.29 is 9.53 Å². The summed E-state index contributed by atoms with van der Waals surface area (Å²) in [6.07, 6.45) is 2.90. The minimum absolute atomic E-state index is 0.0985. The molecular weight excluding hydrogens is 374 g/mol. The fourth-order valence-corrected chi connectivity index (χ4v) is 3.71. The van der Waals surface area contributed by atoms with Gasteiger partial charge in [-0.05, 0) is 60.9 Å². The fourth-order valence-electron chi connectivity index (χ4n) is 3.49. The molecule has 2 heterocycles. The standard InChI is InChI=1S/C22H22ClN3O2/c1-15-10-12-26(13-15)17-6-4-16(5-7-17)25-21(27)14-28-20-9-8-19(23)18-3-2-11-24-22(18)20/h2-9,11,15H,10,12-14H2,1H3,(H,25,27). The molecule has 1 aromatic heterocycles. The number of hydrogen-bond donors (Lipinski definition) is 1. The minimum atomic E-state index is -0.221. The number of carbonyl (C=O) groups is 1. The molecule has 1 saturated heterocycles. The maximum atomic E-state index is 12.3. The first-order valence-corrected chi connectivity index (χ1v) is 9.79. The van der Waals surface area contributed by atoms with Gasteiger partial charge in [0.25, 0.3) is 5.91 Å². The number of amides is 1. The van der Waals surface area contributed by atoms with Crippen LogP contribution in [0, 0.1) is 5.92 Å². The predicted molar refractivity (Wildman–Crippen MR) is 113 cm³/mol. The van der Waals surface area contributed by atoms with Gasteiger partial charge < -0.3 is 15.0 Å². The number of ether oxygens (including phenoxy) is 1. The van der Waals surface area contributed by atoms with Crippen LogP contribution in [-0.4, -0.2) is 30.6 Å². The Balaban J connectivity index is 1.37. The van der Waals surface area contributed by atoms with Gasteiger partial charge in [-0.25, -0.2) is 0 Å². The smallest absolute Gasteiger partial charge is 0.262 e. The van der Waals surface area contributed by atoms with Crippen LogP contribution in [0.1, 0.15) is 13.3 Å². The Kier molecular flexibility index (Phi) is 5.35. The van der Waals surface area contributed by atoms with Crippen molar-refractivity contribution >= 4 is 39.8 Å². The molecule has 1 atom stereocenters. The Bertz CT molecular complexity index is 991. The molecule has 4 rings (SSSR count). The third kappa shape index (κ3) is 4.04. The van der Waals surface area contributed by atoms with Crippen molar-refractivity contribution in [2.24, 2.45) is 5.92 Å². The van der Waals surface area contributed by atoms with Crippen molar-refractivity contribution in [3.63, 3.8) is 0 Å². The molecule has 0 saturated carbocycles. The van der Waals surface area contributed by atoms with Crippen molar-refractivity contribution in [2.45, 2.75) is 13.3 Å². The summed E-state index contributed by atoms with van der Waals surface area (Å²) in [5, 5.41) is 4.27. The van der Waals surface area contributed by atoms with Crippen molar-refractivity contribution in [1.29, 1.82) is 0 Å². The number of aromatic nitrogens is 1. The van der Waals surface area contributed by atoms with Gasteiger partial charge in [-0.15, -0.1) is 0 Å². The molecule has 2 aromatic carbocycles. The fraction of sp³-hybridized carbons (Fsp3) is 0.273. The number of benzene rings is 2. The lowest BCUT2D eigenvalue weighted by Crippen LogP contribution is -2.21. The van der Waals surface area contributed by atoms with Gasteiger partial charge in [0.05, 0.1) is 5.02 Å². The summed E-state index contributed by atoms with van der Waals surface area (Å²) >= 11 is 6.19. The molecule has 1 aliphatic heterocycles. The molecule has 1 aliphatic rings. The van der Waals surface area contributed by atoms with Crippen molar-refractivity contribution in [3.05, 3.63) is 59.8 Å². The Morgan fingerprint density at radius 3 is 2.82 bits per heavy atom. The maximum absolute atomic E-state index is 12.3. The molecule has 5 nitrogen and oxygen atoms in total. The zero-order valence-electron chi connectivity index (χ0n) is 15.7. The number of halogens is 1. The second-order valence-electron chi connectivity index (χ2n) is 7.17. The molecule has 28 heavy (non-hydrogen) atoms. The highest BCUT2D eigenvalue weighted by Gasteiger charge is 2.18. The maximum Gasteiger partial charge on any atom is 0.262 e. The lowest BCUT2D eigenvalue weighted by Gasteiger charge is -2.18. The van der Waals surface area contributed by atoms with Gasteiger partial charge in [0.1, 0.15) is 11.3 Å². The van der Waals surface area contributed by atoms with Gasteiger partial charge in [-0.3, -0.25) is 9.78 Å². The Morgan fingerprint density at radius 1 is 1.25 bits per heavy atom. The normalized spacial score (nSPS) is 16.4. The highest BCUT2D eigenvalue weighted by atomic mass is 35.5. The van der Waals surface area contributed by atoms with Crippen LogP contribution < -0.4 is 15.0 Å². The lowest BCUT2D eigenvalue weighted by molar-refractivity contribution is -0.118. The monoisotopic (exact) mass is 395 g/mol. The predicted octanol–water partition coefficient (Wildman–Crippen LogP) is 4.75. The molecule has 1 N–H and O–H groups in total. The SMILES string of the molecule is CC1CCN(c2ccc(NC(=O)COc3ccc(Cl)c4cccnc34)cc2)C1. The molecule has 1 amide bonds. The van der Waals surface area contributed by atoms with Gasteiger partial charge in [0, 0.05) is 36.0 Å². The van der Waals surface area contributed by atoms with Gasteiger partial charge >= 0.3 is 0 Å². The summed E-state index contributed by atoms with van der Waals surface area (Å²) in [4.78, 5) is 19.0. The average molecular weight is 396 g/mol. The Labute approximate surface area is 169 Å². The first-order chi connectivity index (χ1) is 13.6. The van der Waals surface area contributed by atoms with Gasteiger partial charge in [0.2, 0.25) is 0 Å². The molecule has 0 spiro atoms. The molecule has 0 radical (unpaired) electrons. The number of carbonyl (C=O) groups excluding carboxylic acids is 1. The first-order valence-electron chi connectivity index (χ1n) is 9.41. The third-order valence-corrected chi connectivity index (χ3v) is 5.31. The van der Waals surface area contributed by atoms with E-state index in [1.807, 2.05) is 36.4 Å². The number of fused-ring (bicyclic) bond motifs is 1. The number of pyridine rings is 1. The van der Waals surface area contributed by atoms with E-state index in [0.717, 1.165) is 30.1 Å². The molecule has 1 fully saturated rings. The molecular formula is C22H22ClN3O2. The van der Waals surface area contributed by atoms with Crippen molar-refractivity contribution in [3.8, 4) is 5.75 Å². The zero-order valence-corrected chi connectivity index (χ0v) is 16.4. The summed E-state index contributed by atoms with van der Waals surface area (Å²) in [6, 6.07) is 15.1. The van der Waals surface area contributed by atoms with Crippen LogP contribution in [0.25, 0.3) is 10.9 Å². The highest BCUT2D eigenvalue weighted by molar-refractivity contribution is 6.35. The zero-order chi connectivity index (χ0) is 19.5. The van der Waals surface area contributed by atoms with E-state index in [2.05, 4.69) is 22.1 Å². The second-order valence-corrected chi connectivity index (χ2v) is 7.58. The summed E-state index contributed by atoms with van der Waals surface area (Å²) in [6.45, 7) is 4.35. The van der Waals surface area contributed by atoms with Gasteiger partial charge in [-0.2, -0.15) is 0 Å². The van der Waals surface area contributed by atoms with E-state index in [0.29, 0.717) is 16.3 Å². The summed E-state index contributed by atoms with van der Waals surface area (Å²) < 4.78 is 5.68. The molecule has 144 valence electrons. The van der Waals surface area contributed by atoms with E-state index in [-0.39, 0.29) is 12.5 Å². The van der Waals surface area contributed by atoms with E-state index in [9.17, 15) is 4.79 Å². The number of rotatable bonds is 5. The average Bonchev–Trinajstić information content (AvgIpc) is 3.15. The number of nitrogens with one attached hydrogen (secondary N) is 1. The van der Waals surface area contributed by atoms with E-state index in [1.165, 1.54) is 12.1 Å². The summed E-state index contributed by atoms with van der Waals surface area (Å²) in [5.41, 5.74) is 2.59. The quantitative estimate of drug-likeness (QED) is 0.677. The first kappa shape index (κ1) is 18.6. The molecule has 0 bridgehead atoms. The van der Waals surface area contributed by atoms with Crippen molar-refractivity contribution in [2.75, 3.05) is 29.9 Å². The Hall–Kier alpha value is -2.79. The third-order valence-electron chi connectivity index (χ3n) is 4.98. The topological polar surface area (TPSA) is 54.5 Å². The molecule has 1 unspecified atom stereocenters. The van der Waals surface area contributed by atoms with Crippen LogP contribution in [0.3, 0.4) is 0 Å². The molecule has 6 heteroatoms. The number of anilines is 2. The second kappa shape index (κ2) is 8.07. The van der Waals surface area contributed by atoms with Crippen LogP contribution in [0.5, 0.6) is 5.75 Å². The number of nitrogens with zero attached hydrogens (tertiary/aromatic N) is 2. The van der Waals surface area contributed by atoms with Crippen LogP contribution >= 0.6 is 11.6 Å². The largest absolute Gasteiger partial charge is 0.481 e. The molecule has 3 aromatic rings. The van der Waals surface area contributed by atoms with Crippen LogP contribution in [0.2, 0.25) is 5.02 Å². The van der Waals surface area contributed by atoms with E-state index in [1.54, 1.807) is 18.3 Å². The Morgan fingerprint density at radius 2 is 2.07 bits per heavy atom. The highest BCUT2D eigenvalue weighted by Crippen LogP contribution is 2.29. The number of hydrogen-bond acceptors (Lipinski definition) is 4. The van der Waals surface area contributed by atoms with Crippen molar-refractivity contribution in [1.82, 2.24) is 4.98 Å². The van der Waals surface area contributed by atoms with E-state index >= 15 is 0 Å². The summed E-state index contributed by atoms with van der Waals surface area (Å²) in [5.74, 6) is 1.05. The lowest BCUT2D eigenvalue weighted by atomic mass is 10.2. The van der Waals surface area contributed by atoms with Crippen LogP contribution in [-0.2, 0) is 4.79 Å². The van der Waals surface area contributed by atoms with Crippen LogP contribution in [0.15, 0.2) is 54.7 Å². The van der Waals surface area contributed by atoms with Gasteiger partial charge in [-0.1, -0.05) is 18.5 Å². The van der Waals surface area contributed by atoms with Gasteiger partial charge in [0.15, 0.2) is 6.61 Å². The summed E-state index contributed by atoms with van der Waals surface area (Å²) in [7, 11) is 0. The van der Waals surface area contributed by atoms with E-state index < -0.39 is 0 Å².